The summed E-state index contributed by atoms with van der Waals surface area (Å²) in [5, 5.41) is 5.78. The summed E-state index contributed by atoms with van der Waals surface area (Å²) < 4.78 is 0. The molecule has 7 heterocycles. The molecule has 182 valence electrons. The summed E-state index contributed by atoms with van der Waals surface area (Å²) in [6.07, 6.45) is 7.62. The fourth-order valence-corrected chi connectivity index (χ4v) is 4.59. The third kappa shape index (κ3) is 4.31. The van der Waals surface area contributed by atoms with Gasteiger partial charge in [0.2, 0.25) is 0 Å². The van der Waals surface area contributed by atoms with Crippen LogP contribution in [0.3, 0.4) is 0 Å². The minimum Gasteiger partial charge on any atom is -0.355 e. The number of aromatic amines is 2. The van der Waals surface area contributed by atoms with Crippen LogP contribution in [0.4, 0.5) is 11.4 Å². The molecule has 0 saturated heterocycles. The highest BCUT2D eigenvalue weighted by atomic mass is 16.2. The average Bonchev–Trinajstić information content (AvgIpc) is 3.71. The van der Waals surface area contributed by atoms with Crippen LogP contribution in [0, 0.1) is 0 Å². The van der Waals surface area contributed by atoms with Gasteiger partial charge in [-0.2, -0.15) is 0 Å². The van der Waals surface area contributed by atoms with E-state index in [2.05, 4.69) is 30.6 Å². The average molecular weight is 497 g/mol. The smallest absolute Gasteiger partial charge is 0.255 e. The van der Waals surface area contributed by atoms with Crippen molar-refractivity contribution in [2.75, 3.05) is 10.6 Å². The van der Waals surface area contributed by atoms with E-state index >= 15 is 0 Å². The van der Waals surface area contributed by atoms with E-state index in [1.807, 2.05) is 97.1 Å². The molecule has 0 fully saturated rings. The van der Waals surface area contributed by atoms with E-state index in [1.165, 1.54) is 0 Å². The van der Waals surface area contributed by atoms with Crippen LogP contribution in [-0.2, 0) is 0 Å². The van der Waals surface area contributed by atoms with Crippen LogP contribution in [0.1, 0.15) is 43.5 Å². The number of fused-ring (bicyclic) bond motifs is 12. The summed E-state index contributed by atoms with van der Waals surface area (Å²) in [6.45, 7) is 0. The summed E-state index contributed by atoms with van der Waals surface area (Å²) in [5.41, 5.74) is 8.83. The lowest BCUT2D eigenvalue weighted by Crippen LogP contribution is -2.03. The molecule has 0 aromatic carbocycles. The number of H-pyrrole nitrogens is 2. The molecule has 0 radical (unpaired) electrons. The van der Waals surface area contributed by atoms with Gasteiger partial charge in [-0.15, -0.1) is 0 Å². The van der Waals surface area contributed by atoms with Crippen molar-refractivity contribution in [3.05, 3.63) is 107 Å². The first-order chi connectivity index (χ1) is 18.5. The molecule has 3 aromatic heterocycles. The van der Waals surface area contributed by atoms with Gasteiger partial charge < -0.3 is 20.6 Å². The minimum absolute atomic E-state index is 0.165. The van der Waals surface area contributed by atoms with E-state index in [9.17, 15) is 9.59 Å². The Morgan fingerprint density at radius 1 is 0.447 bits per heavy atom. The fourth-order valence-electron chi connectivity index (χ4n) is 4.59. The summed E-state index contributed by atoms with van der Waals surface area (Å²) in [6, 6.07) is 22.5. The predicted octanol–water partition coefficient (Wildman–Crippen LogP) is 6.04. The molecule has 0 saturated carbocycles. The van der Waals surface area contributed by atoms with E-state index in [0.717, 1.165) is 44.8 Å². The van der Waals surface area contributed by atoms with Gasteiger partial charge in [-0.25, -0.2) is 9.97 Å². The van der Waals surface area contributed by atoms with Crippen molar-refractivity contribution in [1.29, 1.82) is 0 Å². The zero-order valence-electron chi connectivity index (χ0n) is 19.9. The number of anilines is 2. The molecular weight excluding hydrogens is 476 g/mol. The maximum absolute atomic E-state index is 12.5. The Labute approximate surface area is 216 Å². The fraction of sp³-hybridized carbons (Fsp3) is 0. The summed E-state index contributed by atoms with van der Waals surface area (Å²) in [5.74, 6) is -0.330. The van der Waals surface area contributed by atoms with Crippen molar-refractivity contribution in [3.63, 3.8) is 0 Å². The molecule has 4 aliphatic rings. The first-order valence-electron chi connectivity index (χ1n) is 12.1. The predicted molar refractivity (Wildman–Crippen MR) is 150 cm³/mol. The molecule has 2 amide bonds. The third-order valence-corrected chi connectivity index (χ3v) is 6.33. The number of hydrogen-bond donors (Lipinski definition) is 4. The van der Waals surface area contributed by atoms with E-state index in [0.29, 0.717) is 22.5 Å². The van der Waals surface area contributed by atoms with Crippen LogP contribution < -0.4 is 10.6 Å². The van der Waals surface area contributed by atoms with Crippen molar-refractivity contribution in [1.82, 2.24) is 19.9 Å². The van der Waals surface area contributed by atoms with Crippen LogP contribution >= 0.6 is 0 Å². The highest BCUT2D eigenvalue weighted by Gasteiger charge is 2.14. The summed E-state index contributed by atoms with van der Waals surface area (Å²) in [7, 11) is 0. The molecular formula is C30H20N6O2. The molecule has 8 nitrogen and oxygen atoms in total. The zero-order chi connectivity index (χ0) is 25.6. The van der Waals surface area contributed by atoms with E-state index in [1.54, 1.807) is 0 Å². The number of aromatic nitrogens is 4. The van der Waals surface area contributed by atoms with Crippen molar-refractivity contribution >= 4 is 69.6 Å². The Kier molecular flexibility index (Phi) is 4.90. The van der Waals surface area contributed by atoms with E-state index in [-0.39, 0.29) is 11.8 Å². The highest BCUT2D eigenvalue weighted by molar-refractivity contribution is 6.10. The number of amides is 2. The topological polar surface area (TPSA) is 116 Å². The van der Waals surface area contributed by atoms with Crippen LogP contribution in [0.25, 0.3) is 46.4 Å². The molecule has 0 aliphatic carbocycles. The molecule has 38 heavy (non-hydrogen) atoms. The van der Waals surface area contributed by atoms with E-state index < -0.39 is 0 Å². The molecule has 0 atom stereocenters. The quantitative estimate of drug-likeness (QED) is 0.209. The molecule has 7 rings (SSSR count). The lowest BCUT2D eigenvalue weighted by Gasteiger charge is -1.92. The van der Waals surface area contributed by atoms with Gasteiger partial charge in [-0.3, -0.25) is 9.59 Å². The van der Waals surface area contributed by atoms with Crippen LogP contribution in [0.15, 0.2) is 72.8 Å². The number of carbonyl (C=O) groups excluding carboxylic acids is 2. The number of nitrogens with one attached hydrogen (secondary N) is 4. The van der Waals surface area contributed by atoms with Gasteiger partial charge in [0.05, 0.1) is 22.8 Å². The normalized spacial score (nSPS) is 13.6. The molecule has 12 bridgehead atoms. The Morgan fingerprint density at radius 3 is 1.24 bits per heavy atom. The van der Waals surface area contributed by atoms with Gasteiger partial charge in [0, 0.05) is 44.6 Å². The Bertz CT molecular complexity index is 1790. The minimum atomic E-state index is -0.165. The van der Waals surface area contributed by atoms with Gasteiger partial charge in [0.25, 0.3) is 11.8 Å². The Balaban J connectivity index is 1.44. The number of rotatable bonds is 0. The molecule has 3 aromatic rings. The molecule has 4 N–H and O–H groups in total. The van der Waals surface area contributed by atoms with Crippen LogP contribution in [0.5, 0.6) is 0 Å². The maximum atomic E-state index is 12.5. The molecule has 0 unspecified atom stereocenters. The molecule has 0 spiro atoms. The first-order valence-corrected chi connectivity index (χ1v) is 12.1. The standard InChI is InChI=1S/C30H20N6O2/c37-29-17-9-19-1-3-21(31-19)13-23-5-7-25(33-23)16-28-12-18(30(38)36-28)10-20-2-4-22(32-20)14-24-6-8-26(34-24)15-27(11-17)35-29/h1-16,31-32H,(H,35,37)(H,36,38). The second kappa shape index (κ2) is 8.56. The van der Waals surface area contributed by atoms with Crippen molar-refractivity contribution in [3.8, 4) is 0 Å². The first kappa shape index (κ1) is 21.8. The molecule has 8 heteroatoms. The molecule has 4 aliphatic heterocycles. The SMILES string of the molecule is O=C1Nc2cc1cc1ccc(cc3nc(cc4cc(cc5ccc(cc6nc(c2)C=C6)[nH]5)C(=O)N4)C=C3)[nH]1. The van der Waals surface area contributed by atoms with Gasteiger partial charge in [0.1, 0.15) is 0 Å². The lowest BCUT2D eigenvalue weighted by atomic mass is 10.3. The van der Waals surface area contributed by atoms with Crippen LogP contribution in [-0.4, -0.2) is 31.8 Å². The second-order valence-electron chi connectivity index (χ2n) is 9.21. The maximum Gasteiger partial charge on any atom is 0.255 e. The Morgan fingerprint density at radius 2 is 0.816 bits per heavy atom. The van der Waals surface area contributed by atoms with E-state index in [4.69, 9.17) is 0 Å². The Hall–Kier alpha value is -5.50. The van der Waals surface area contributed by atoms with Gasteiger partial charge >= 0.3 is 0 Å². The van der Waals surface area contributed by atoms with Gasteiger partial charge in [0.15, 0.2) is 0 Å². The monoisotopic (exact) mass is 496 g/mol. The van der Waals surface area contributed by atoms with Gasteiger partial charge in [-0.05, 0) is 97.1 Å². The van der Waals surface area contributed by atoms with Crippen molar-refractivity contribution < 1.29 is 9.59 Å². The third-order valence-electron chi connectivity index (χ3n) is 6.33. The van der Waals surface area contributed by atoms with Crippen molar-refractivity contribution in [2.45, 2.75) is 0 Å². The highest BCUT2D eigenvalue weighted by Crippen LogP contribution is 2.22. The zero-order valence-corrected chi connectivity index (χ0v) is 19.9. The number of hydrogen-bond acceptors (Lipinski definition) is 4. The summed E-state index contributed by atoms with van der Waals surface area (Å²) >= 11 is 0. The number of nitrogens with zero attached hydrogens (tertiary/aromatic N) is 2. The number of carbonyl (C=O) groups is 2. The van der Waals surface area contributed by atoms with Gasteiger partial charge in [-0.1, -0.05) is 0 Å². The second-order valence-corrected chi connectivity index (χ2v) is 9.21. The largest absolute Gasteiger partial charge is 0.355 e. The van der Waals surface area contributed by atoms with Crippen molar-refractivity contribution in [2.24, 2.45) is 0 Å². The lowest BCUT2D eigenvalue weighted by molar-refractivity contribution is 0.102. The van der Waals surface area contributed by atoms with Crippen LogP contribution in [0.2, 0.25) is 0 Å². The summed E-state index contributed by atoms with van der Waals surface area (Å²) in [4.78, 5) is 41.0.